The molecular formula is C11H15Br2N3O2. The Bertz CT molecular complexity index is 488. The molecule has 1 atom stereocenters. The minimum atomic E-state index is -0.331. The van der Waals surface area contributed by atoms with Crippen molar-refractivity contribution in [3.8, 4) is 0 Å². The molecule has 0 saturated heterocycles. The Balaban J connectivity index is 2.71. The Labute approximate surface area is 122 Å². The van der Waals surface area contributed by atoms with Crippen LogP contribution in [-0.4, -0.2) is 21.7 Å². The monoisotopic (exact) mass is 379 g/mol. The lowest BCUT2D eigenvalue weighted by molar-refractivity contribution is -0.122. The molecule has 0 fully saturated rings. The molecule has 1 rings (SSSR count). The van der Waals surface area contributed by atoms with Crippen LogP contribution in [0.5, 0.6) is 0 Å². The van der Waals surface area contributed by atoms with Crippen LogP contribution in [0, 0.1) is 0 Å². The first-order valence-electron chi connectivity index (χ1n) is 5.66. The summed E-state index contributed by atoms with van der Waals surface area (Å²) >= 11 is 6.33. The summed E-state index contributed by atoms with van der Waals surface area (Å²) in [6.45, 7) is 3.93. The number of aromatic nitrogens is 2. The third-order valence-corrected chi connectivity index (χ3v) is 4.26. The molecule has 100 valence electrons. The summed E-state index contributed by atoms with van der Waals surface area (Å²) in [4.78, 5) is 23.5. The zero-order valence-electron chi connectivity index (χ0n) is 10.2. The molecule has 1 amide bonds. The Morgan fingerprint density at radius 3 is 2.83 bits per heavy atom. The van der Waals surface area contributed by atoms with E-state index in [1.54, 1.807) is 0 Å². The van der Waals surface area contributed by atoms with Gasteiger partial charge in [0.15, 0.2) is 0 Å². The number of hydrogen-bond acceptors (Lipinski definition) is 3. The van der Waals surface area contributed by atoms with Crippen molar-refractivity contribution in [1.82, 2.24) is 15.1 Å². The second-order valence-electron chi connectivity index (χ2n) is 4.03. The predicted molar refractivity (Wildman–Crippen MR) is 76.4 cm³/mol. The highest BCUT2D eigenvalue weighted by atomic mass is 79.9. The van der Waals surface area contributed by atoms with Crippen molar-refractivity contribution in [3.63, 3.8) is 0 Å². The van der Waals surface area contributed by atoms with Crippen molar-refractivity contribution in [2.24, 2.45) is 0 Å². The van der Waals surface area contributed by atoms with Crippen molar-refractivity contribution >= 4 is 37.8 Å². The van der Waals surface area contributed by atoms with Crippen LogP contribution >= 0.6 is 31.9 Å². The van der Waals surface area contributed by atoms with Crippen molar-refractivity contribution in [2.45, 2.75) is 39.3 Å². The van der Waals surface area contributed by atoms with E-state index in [4.69, 9.17) is 0 Å². The zero-order valence-corrected chi connectivity index (χ0v) is 13.4. The molecule has 7 heteroatoms. The van der Waals surface area contributed by atoms with Crippen LogP contribution in [0.1, 0.15) is 26.7 Å². The first-order valence-corrected chi connectivity index (χ1v) is 7.24. The summed E-state index contributed by atoms with van der Waals surface area (Å²) in [7, 11) is 0. The van der Waals surface area contributed by atoms with Crippen LogP contribution in [0.3, 0.4) is 0 Å². The SMILES string of the molecule is CCCC(C)NC(=O)Cn1ncc(Br)c(Br)c1=O. The maximum Gasteiger partial charge on any atom is 0.282 e. The van der Waals surface area contributed by atoms with Gasteiger partial charge >= 0.3 is 0 Å². The van der Waals surface area contributed by atoms with E-state index >= 15 is 0 Å². The summed E-state index contributed by atoms with van der Waals surface area (Å²) < 4.78 is 2.07. The number of rotatable bonds is 5. The Morgan fingerprint density at radius 2 is 2.22 bits per heavy atom. The fourth-order valence-corrected chi connectivity index (χ4v) is 2.09. The molecule has 0 radical (unpaired) electrons. The van der Waals surface area contributed by atoms with Gasteiger partial charge in [-0.2, -0.15) is 5.10 Å². The van der Waals surface area contributed by atoms with E-state index in [0.29, 0.717) is 8.95 Å². The van der Waals surface area contributed by atoms with E-state index in [1.807, 2.05) is 6.92 Å². The van der Waals surface area contributed by atoms with Crippen molar-refractivity contribution in [1.29, 1.82) is 0 Å². The fraction of sp³-hybridized carbons (Fsp3) is 0.545. The first kappa shape index (κ1) is 15.4. The van der Waals surface area contributed by atoms with Gasteiger partial charge in [-0.1, -0.05) is 13.3 Å². The number of nitrogens with zero attached hydrogens (tertiary/aromatic N) is 2. The normalized spacial score (nSPS) is 12.2. The number of halogens is 2. The molecule has 0 aromatic carbocycles. The summed E-state index contributed by atoms with van der Waals surface area (Å²) in [5.74, 6) is -0.209. The maximum atomic E-state index is 11.8. The highest BCUT2D eigenvalue weighted by Gasteiger charge is 2.11. The van der Waals surface area contributed by atoms with Gasteiger partial charge in [-0.3, -0.25) is 9.59 Å². The van der Waals surface area contributed by atoms with E-state index in [9.17, 15) is 9.59 Å². The van der Waals surface area contributed by atoms with E-state index in [2.05, 4.69) is 49.2 Å². The van der Waals surface area contributed by atoms with Gasteiger partial charge in [0.1, 0.15) is 11.0 Å². The highest BCUT2D eigenvalue weighted by Crippen LogP contribution is 2.16. The minimum Gasteiger partial charge on any atom is -0.352 e. The topological polar surface area (TPSA) is 64.0 Å². The minimum absolute atomic E-state index is 0.0707. The Hall–Kier alpha value is -0.690. The van der Waals surface area contributed by atoms with Crippen molar-refractivity contribution in [3.05, 3.63) is 25.5 Å². The lowest BCUT2D eigenvalue weighted by Crippen LogP contribution is -2.38. The van der Waals surface area contributed by atoms with Gasteiger partial charge in [0.2, 0.25) is 5.91 Å². The van der Waals surface area contributed by atoms with Crippen LogP contribution in [0.2, 0.25) is 0 Å². The molecule has 1 aromatic heterocycles. The lowest BCUT2D eigenvalue weighted by atomic mass is 10.2. The first-order chi connectivity index (χ1) is 8.45. The standard InChI is InChI=1S/C11H15Br2N3O2/c1-3-4-7(2)15-9(17)6-16-11(18)10(13)8(12)5-14-16/h5,7H,3-4,6H2,1-2H3,(H,15,17). The molecule has 0 saturated carbocycles. The van der Waals surface area contributed by atoms with E-state index in [1.165, 1.54) is 6.20 Å². The molecule has 0 aliphatic rings. The largest absolute Gasteiger partial charge is 0.352 e. The number of nitrogens with one attached hydrogen (secondary N) is 1. The predicted octanol–water partition coefficient (Wildman–Crippen LogP) is 2.07. The van der Waals surface area contributed by atoms with E-state index in [0.717, 1.165) is 17.5 Å². The Morgan fingerprint density at radius 1 is 1.56 bits per heavy atom. The van der Waals surface area contributed by atoms with Gasteiger partial charge in [-0.25, -0.2) is 4.68 Å². The summed E-state index contributed by atoms with van der Waals surface area (Å²) in [5.41, 5.74) is -0.331. The van der Waals surface area contributed by atoms with Gasteiger partial charge in [0.25, 0.3) is 5.56 Å². The third-order valence-electron chi connectivity index (χ3n) is 2.36. The summed E-state index contributed by atoms with van der Waals surface area (Å²) in [6, 6.07) is 0.108. The fourth-order valence-electron chi connectivity index (χ4n) is 1.52. The second kappa shape index (κ2) is 7.04. The zero-order chi connectivity index (χ0) is 13.7. The van der Waals surface area contributed by atoms with Crippen LogP contribution in [0.25, 0.3) is 0 Å². The van der Waals surface area contributed by atoms with Gasteiger partial charge in [0, 0.05) is 6.04 Å². The van der Waals surface area contributed by atoms with Gasteiger partial charge < -0.3 is 5.32 Å². The summed E-state index contributed by atoms with van der Waals surface area (Å²) in [5, 5.41) is 6.72. The third kappa shape index (κ3) is 4.20. The molecule has 1 heterocycles. The van der Waals surface area contributed by atoms with Crippen LogP contribution < -0.4 is 10.9 Å². The van der Waals surface area contributed by atoms with E-state index < -0.39 is 0 Å². The quantitative estimate of drug-likeness (QED) is 0.850. The van der Waals surface area contributed by atoms with E-state index in [-0.39, 0.29) is 24.1 Å². The van der Waals surface area contributed by atoms with Crippen molar-refractivity contribution in [2.75, 3.05) is 0 Å². The maximum absolute atomic E-state index is 11.8. The molecule has 5 nitrogen and oxygen atoms in total. The average Bonchev–Trinajstić information content (AvgIpc) is 2.30. The molecule has 1 N–H and O–H groups in total. The molecule has 18 heavy (non-hydrogen) atoms. The van der Waals surface area contributed by atoms with Gasteiger partial charge in [-0.15, -0.1) is 0 Å². The molecular weight excluding hydrogens is 366 g/mol. The van der Waals surface area contributed by atoms with Crippen molar-refractivity contribution < 1.29 is 4.79 Å². The van der Waals surface area contributed by atoms with Gasteiger partial charge in [0.05, 0.1) is 10.7 Å². The van der Waals surface area contributed by atoms with Crippen LogP contribution in [0.4, 0.5) is 0 Å². The number of carbonyl (C=O) groups excluding carboxylic acids is 1. The number of hydrogen-bond donors (Lipinski definition) is 1. The van der Waals surface area contributed by atoms with Crippen LogP contribution in [0.15, 0.2) is 19.9 Å². The lowest BCUT2D eigenvalue weighted by Gasteiger charge is -2.13. The number of carbonyl (C=O) groups is 1. The second-order valence-corrected chi connectivity index (χ2v) is 5.67. The molecule has 0 spiro atoms. The van der Waals surface area contributed by atoms with Gasteiger partial charge in [-0.05, 0) is 45.2 Å². The Kier molecular flexibility index (Phi) is 6.01. The highest BCUT2D eigenvalue weighted by molar-refractivity contribution is 9.13. The molecule has 1 aromatic rings. The van der Waals surface area contributed by atoms with Crippen LogP contribution in [-0.2, 0) is 11.3 Å². The summed E-state index contributed by atoms with van der Waals surface area (Å²) in [6.07, 6.45) is 3.40. The smallest absolute Gasteiger partial charge is 0.282 e. The molecule has 1 unspecified atom stereocenters. The number of amides is 1. The molecule has 0 aliphatic carbocycles. The average molecular weight is 381 g/mol. The molecule has 0 aliphatic heterocycles. The molecule has 0 bridgehead atoms.